The van der Waals surface area contributed by atoms with Gasteiger partial charge in [0.15, 0.2) is 11.5 Å². The van der Waals surface area contributed by atoms with Crippen LogP contribution in [0.25, 0.3) is 0 Å². The summed E-state index contributed by atoms with van der Waals surface area (Å²) in [5.74, 6) is 1.74. The quantitative estimate of drug-likeness (QED) is 0.431. The molecular weight excluding hydrogens is 402 g/mol. The number of allylic oxidation sites excluding steroid dienone is 1. The maximum atomic E-state index is 12.6. The third kappa shape index (κ3) is 4.53. The first-order valence-corrected chi connectivity index (χ1v) is 11.2. The number of likely N-dealkylation sites (N-methyl/N-ethyl adjacent to an activating group) is 1. The van der Waals surface area contributed by atoms with Crippen LogP contribution < -0.4 is 9.47 Å². The molecule has 0 aromatic heterocycles. The largest absolute Gasteiger partial charge is 0.493 e. The third-order valence-corrected chi connectivity index (χ3v) is 6.90. The lowest BCUT2D eigenvalue weighted by atomic mass is 9.75. The van der Waals surface area contributed by atoms with Gasteiger partial charge < -0.3 is 19.1 Å². The standard InChI is InChI=1S/C27H33NO4/c1-19-12-23-18-32-26(29)27(23,15-19)16-21-6-5-7-22(13-21)17-28(2)11-10-20-8-9-24(30-3)25(14-20)31-4/h5-9,13-14,23H,1,10-12,15-18H2,2-4H3. The number of carbonyl (C=O) groups is 1. The minimum Gasteiger partial charge on any atom is -0.493 e. The van der Waals surface area contributed by atoms with Gasteiger partial charge in [-0.05, 0) is 61.6 Å². The summed E-state index contributed by atoms with van der Waals surface area (Å²) in [5.41, 5.74) is 4.45. The molecule has 2 aromatic rings. The van der Waals surface area contributed by atoms with Crippen LogP contribution in [0.5, 0.6) is 11.5 Å². The van der Waals surface area contributed by atoms with Crippen molar-refractivity contribution in [2.24, 2.45) is 11.3 Å². The molecule has 0 amide bonds. The van der Waals surface area contributed by atoms with E-state index in [1.807, 2.05) is 12.1 Å². The van der Waals surface area contributed by atoms with E-state index in [2.05, 4.69) is 48.9 Å². The normalized spacial score (nSPS) is 22.2. The average molecular weight is 436 g/mol. The zero-order chi connectivity index (χ0) is 22.7. The first kappa shape index (κ1) is 22.4. The van der Waals surface area contributed by atoms with Crippen molar-refractivity contribution < 1.29 is 19.0 Å². The highest BCUT2D eigenvalue weighted by molar-refractivity contribution is 5.81. The van der Waals surface area contributed by atoms with Gasteiger partial charge in [-0.2, -0.15) is 0 Å². The average Bonchev–Trinajstić information content (AvgIpc) is 3.25. The molecule has 2 atom stereocenters. The second-order valence-corrected chi connectivity index (χ2v) is 9.26. The van der Waals surface area contributed by atoms with Gasteiger partial charge >= 0.3 is 5.97 Å². The number of nitrogens with zero attached hydrogens (tertiary/aromatic N) is 1. The van der Waals surface area contributed by atoms with E-state index in [1.165, 1.54) is 22.3 Å². The van der Waals surface area contributed by atoms with Gasteiger partial charge in [0.25, 0.3) is 0 Å². The Labute approximate surface area is 191 Å². The molecule has 4 rings (SSSR count). The number of hydrogen-bond donors (Lipinski definition) is 0. The van der Waals surface area contributed by atoms with Crippen molar-refractivity contribution in [3.05, 3.63) is 71.3 Å². The molecule has 0 radical (unpaired) electrons. The van der Waals surface area contributed by atoms with E-state index in [0.29, 0.717) is 6.61 Å². The number of esters is 1. The molecule has 170 valence electrons. The van der Waals surface area contributed by atoms with Gasteiger partial charge in [-0.15, -0.1) is 0 Å². The molecule has 0 spiro atoms. The van der Waals surface area contributed by atoms with Crippen molar-refractivity contribution in [3.8, 4) is 11.5 Å². The zero-order valence-electron chi connectivity index (χ0n) is 19.4. The van der Waals surface area contributed by atoms with Crippen LogP contribution in [-0.4, -0.2) is 45.3 Å². The molecule has 1 saturated heterocycles. The fraction of sp³-hybridized carbons (Fsp3) is 0.444. The fourth-order valence-corrected chi connectivity index (χ4v) is 5.21. The molecule has 2 aliphatic rings. The first-order valence-electron chi connectivity index (χ1n) is 11.2. The summed E-state index contributed by atoms with van der Waals surface area (Å²) in [6.07, 6.45) is 3.32. The molecule has 5 heteroatoms. The van der Waals surface area contributed by atoms with Crippen LogP contribution in [0, 0.1) is 11.3 Å². The summed E-state index contributed by atoms with van der Waals surface area (Å²) in [7, 11) is 5.45. The molecule has 2 aromatic carbocycles. The Morgan fingerprint density at radius 1 is 1.09 bits per heavy atom. The molecule has 1 heterocycles. The molecule has 2 fully saturated rings. The van der Waals surface area contributed by atoms with Crippen LogP contribution in [-0.2, 0) is 28.9 Å². The van der Waals surface area contributed by atoms with Crippen LogP contribution in [0.4, 0.5) is 0 Å². The van der Waals surface area contributed by atoms with E-state index in [9.17, 15) is 4.79 Å². The number of cyclic esters (lactones) is 1. The van der Waals surface area contributed by atoms with E-state index in [0.717, 1.165) is 50.3 Å². The third-order valence-electron chi connectivity index (χ3n) is 6.90. The molecule has 1 aliphatic carbocycles. The van der Waals surface area contributed by atoms with Crippen molar-refractivity contribution in [3.63, 3.8) is 0 Å². The maximum Gasteiger partial charge on any atom is 0.313 e. The number of hydrogen-bond acceptors (Lipinski definition) is 5. The van der Waals surface area contributed by atoms with Gasteiger partial charge in [0.2, 0.25) is 0 Å². The lowest BCUT2D eigenvalue weighted by Gasteiger charge is -2.24. The lowest BCUT2D eigenvalue weighted by molar-refractivity contribution is -0.146. The molecule has 5 nitrogen and oxygen atoms in total. The molecule has 1 saturated carbocycles. The Morgan fingerprint density at radius 3 is 2.66 bits per heavy atom. The minimum atomic E-state index is -0.408. The van der Waals surface area contributed by atoms with Gasteiger partial charge in [0.1, 0.15) is 0 Å². The van der Waals surface area contributed by atoms with Crippen molar-refractivity contribution >= 4 is 5.97 Å². The Balaban J connectivity index is 1.38. The van der Waals surface area contributed by atoms with Crippen molar-refractivity contribution in [2.75, 3.05) is 34.4 Å². The summed E-state index contributed by atoms with van der Waals surface area (Å²) < 4.78 is 16.2. The minimum absolute atomic E-state index is 0.0430. The van der Waals surface area contributed by atoms with Crippen molar-refractivity contribution in [1.82, 2.24) is 4.90 Å². The predicted octanol–water partition coefficient (Wildman–Crippen LogP) is 4.43. The molecular formula is C27H33NO4. The van der Waals surface area contributed by atoms with Crippen LogP contribution in [0.1, 0.15) is 29.5 Å². The van der Waals surface area contributed by atoms with Gasteiger partial charge in [-0.1, -0.05) is 42.5 Å². The van der Waals surface area contributed by atoms with Crippen molar-refractivity contribution in [1.29, 1.82) is 0 Å². The van der Waals surface area contributed by atoms with Crippen LogP contribution >= 0.6 is 0 Å². The van der Waals surface area contributed by atoms with E-state index in [4.69, 9.17) is 14.2 Å². The van der Waals surface area contributed by atoms with Gasteiger partial charge in [-0.25, -0.2) is 0 Å². The summed E-state index contributed by atoms with van der Waals surface area (Å²) in [6.45, 7) is 6.47. The molecule has 2 unspecified atom stereocenters. The van der Waals surface area contributed by atoms with E-state index >= 15 is 0 Å². The highest BCUT2D eigenvalue weighted by Crippen LogP contribution is 2.52. The van der Waals surface area contributed by atoms with E-state index in [1.54, 1.807) is 14.2 Å². The number of rotatable bonds is 9. The number of ether oxygens (including phenoxy) is 3. The van der Waals surface area contributed by atoms with E-state index in [-0.39, 0.29) is 11.9 Å². The zero-order valence-corrected chi connectivity index (χ0v) is 19.4. The maximum absolute atomic E-state index is 12.6. The second-order valence-electron chi connectivity index (χ2n) is 9.26. The lowest BCUT2D eigenvalue weighted by Crippen LogP contribution is -2.31. The predicted molar refractivity (Wildman–Crippen MR) is 125 cm³/mol. The van der Waals surface area contributed by atoms with Crippen molar-refractivity contribution in [2.45, 2.75) is 32.2 Å². The Morgan fingerprint density at radius 2 is 1.88 bits per heavy atom. The Bertz CT molecular complexity index is 1000. The van der Waals surface area contributed by atoms with Gasteiger partial charge in [-0.3, -0.25) is 4.79 Å². The summed E-state index contributed by atoms with van der Waals surface area (Å²) in [6, 6.07) is 14.7. The van der Waals surface area contributed by atoms with Crippen LogP contribution in [0.15, 0.2) is 54.6 Å². The second kappa shape index (κ2) is 9.37. The number of carbonyl (C=O) groups excluding carboxylic acids is 1. The number of fused-ring (bicyclic) bond motifs is 1. The summed E-state index contributed by atoms with van der Waals surface area (Å²) in [5, 5.41) is 0. The number of methoxy groups -OCH3 is 2. The summed E-state index contributed by atoms with van der Waals surface area (Å²) >= 11 is 0. The molecule has 0 N–H and O–H groups in total. The highest BCUT2D eigenvalue weighted by Gasteiger charge is 2.55. The van der Waals surface area contributed by atoms with Gasteiger partial charge in [0.05, 0.1) is 26.2 Å². The van der Waals surface area contributed by atoms with Crippen LogP contribution in [0.2, 0.25) is 0 Å². The topological polar surface area (TPSA) is 48.0 Å². The molecule has 32 heavy (non-hydrogen) atoms. The SMILES string of the molecule is C=C1CC2COC(=O)C2(Cc2cccc(CN(C)CCc3ccc(OC)c(OC)c3)c2)C1. The fourth-order valence-electron chi connectivity index (χ4n) is 5.21. The Kier molecular flexibility index (Phi) is 6.56. The van der Waals surface area contributed by atoms with Crippen LogP contribution in [0.3, 0.4) is 0 Å². The highest BCUT2D eigenvalue weighted by atomic mass is 16.5. The molecule has 0 bridgehead atoms. The first-order chi connectivity index (χ1) is 15.4. The van der Waals surface area contributed by atoms with Gasteiger partial charge in [0, 0.05) is 19.0 Å². The monoisotopic (exact) mass is 435 g/mol. The van der Waals surface area contributed by atoms with E-state index < -0.39 is 5.41 Å². The smallest absolute Gasteiger partial charge is 0.313 e. The number of benzene rings is 2. The molecule has 1 aliphatic heterocycles. The Hall–Kier alpha value is -2.79. The summed E-state index contributed by atoms with van der Waals surface area (Å²) in [4.78, 5) is 14.9.